The lowest BCUT2D eigenvalue weighted by atomic mass is 10.4. The Labute approximate surface area is 66.3 Å². The van der Waals surface area contributed by atoms with E-state index in [1.165, 1.54) is 0 Å². The molecule has 0 aromatic rings. The summed E-state index contributed by atoms with van der Waals surface area (Å²) in [5, 5.41) is 0. The van der Waals surface area contributed by atoms with E-state index in [0.29, 0.717) is 33.6 Å². The van der Waals surface area contributed by atoms with Gasteiger partial charge in [0, 0.05) is 16.0 Å². The minimum Gasteiger partial charge on any atom is -0.379 e. The number of hydrogen-bond acceptors (Lipinski definition) is 2. The molecule has 62 valence electrons. The lowest BCUT2D eigenvalue weighted by molar-refractivity contribution is 0.0517. The van der Waals surface area contributed by atoms with Crippen molar-refractivity contribution in [1.82, 2.24) is 0 Å². The maximum absolute atomic E-state index is 6.87. The third-order valence-corrected chi connectivity index (χ3v) is 1.06. The van der Waals surface area contributed by atoms with E-state index in [9.17, 15) is 0 Å². The van der Waals surface area contributed by atoms with Gasteiger partial charge in [-0.3, -0.25) is 0 Å². The Morgan fingerprint density at radius 2 is 2.30 bits per heavy atom. The average Bonchev–Trinajstić information content (AvgIpc) is 2.10. The van der Waals surface area contributed by atoms with Gasteiger partial charge in [-0.15, -0.1) is 0 Å². The largest absolute Gasteiger partial charge is 0.379 e. The average molecular weight is 149 g/mol. The zero-order valence-electron chi connectivity index (χ0n) is 8.47. The molecule has 0 atom stereocenters. The van der Waals surface area contributed by atoms with E-state index in [4.69, 9.17) is 12.2 Å². The second-order valence-corrected chi connectivity index (χ2v) is 1.93. The number of ether oxygens (including phenoxy) is 2. The van der Waals surface area contributed by atoms with Crippen LogP contribution in [0.4, 0.5) is 0 Å². The van der Waals surface area contributed by atoms with Gasteiger partial charge in [-0.25, -0.2) is 0 Å². The van der Waals surface area contributed by atoms with Crippen LogP contribution in [0.25, 0.3) is 0 Å². The Morgan fingerprint density at radius 1 is 1.40 bits per heavy atom. The summed E-state index contributed by atoms with van der Waals surface area (Å²) >= 11 is 0. The highest BCUT2D eigenvalue weighted by Crippen LogP contribution is 1.87. The normalized spacial score (nSPS) is 12.8. The molecular formula is C8H18O2. The third kappa shape index (κ3) is 7.92. The van der Waals surface area contributed by atoms with Crippen LogP contribution in [0.1, 0.15) is 29.4 Å². The van der Waals surface area contributed by atoms with Crippen LogP contribution in [0.15, 0.2) is 0 Å². The van der Waals surface area contributed by atoms with E-state index < -0.39 is 0 Å². The molecule has 0 amide bonds. The van der Waals surface area contributed by atoms with Crippen LogP contribution in [0.2, 0.25) is 0 Å². The van der Waals surface area contributed by atoms with Crippen molar-refractivity contribution in [2.45, 2.75) is 26.6 Å². The summed E-state index contributed by atoms with van der Waals surface area (Å²) in [5.74, 6) is 0. The first-order chi connectivity index (χ1) is 5.91. The van der Waals surface area contributed by atoms with Crippen molar-refractivity contribution in [3.8, 4) is 0 Å². The first-order valence-electron chi connectivity index (χ1n) is 5.07. The molecule has 0 spiro atoms. The minimum absolute atomic E-state index is 0.318. The lowest BCUT2D eigenvalue weighted by Crippen LogP contribution is -2.04. The van der Waals surface area contributed by atoms with E-state index in [0.717, 1.165) is 19.4 Å². The molecule has 10 heavy (non-hydrogen) atoms. The summed E-state index contributed by atoms with van der Waals surface area (Å²) < 4.78 is 23.9. The molecule has 0 radical (unpaired) electrons. The van der Waals surface area contributed by atoms with Gasteiger partial charge in [-0.05, 0) is 13.3 Å². The number of unbranched alkanes of at least 4 members (excludes halogenated alkanes) is 1. The van der Waals surface area contributed by atoms with E-state index >= 15 is 0 Å². The summed E-state index contributed by atoms with van der Waals surface area (Å²) in [6, 6.07) is 0. The van der Waals surface area contributed by atoms with E-state index in [1.807, 2.05) is 0 Å². The van der Waals surface area contributed by atoms with Crippen LogP contribution in [-0.2, 0) is 9.47 Å². The summed E-state index contributed by atoms with van der Waals surface area (Å²) in [4.78, 5) is 0. The highest BCUT2D eigenvalue weighted by molar-refractivity contribution is 4.32. The summed E-state index contributed by atoms with van der Waals surface area (Å²) in [7, 11) is 0. The van der Waals surface area contributed by atoms with Gasteiger partial charge >= 0.3 is 0 Å². The highest BCUT2D eigenvalue weighted by atomic mass is 16.5. The fraction of sp³-hybridized carbons (Fsp3) is 1.00. The van der Waals surface area contributed by atoms with Crippen molar-refractivity contribution < 1.29 is 12.2 Å². The van der Waals surface area contributed by atoms with E-state index in [2.05, 4.69) is 0 Å². The van der Waals surface area contributed by atoms with Crippen molar-refractivity contribution in [2.24, 2.45) is 0 Å². The Hall–Kier alpha value is -0.0800. The Balaban J connectivity index is 2.73. The molecule has 2 heteroatoms. The fourth-order valence-electron chi connectivity index (χ4n) is 0.526. The minimum atomic E-state index is 0.318. The van der Waals surface area contributed by atoms with Gasteiger partial charge in [0.25, 0.3) is 0 Å². The molecule has 0 aliphatic heterocycles. The van der Waals surface area contributed by atoms with Gasteiger partial charge in [-0.1, -0.05) is 13.3 Å². The molecular weight excluding hydrogens is 128 g/mol. The third-order valence-electron chi connectivity index (χ3n) is 1.06. The molecule has 0 aliphatic carbocycles. The molecule has 0 aliphatic rings. The van der Waals surface area contributed by atoms with Crippen LogP contribution >= 0.6 is 0 Å². The van der Waals surface area contributed by atoms with Gasteiger partial charge in [0.05, 0.1) is 13.2 Å². The fourth-order valence-corrected chi connectivity index (χ4v) is 0.526. The molecule has 0 saturated carbocycles. The van der Waals surface area contributed by atoms with E-state index in [1.54, 1.807) is 0 Å². The predicted molar refractivity (Wildman–Crippen MR) is 42.2 cm³/mol. The Kier molecular flexibility index (Phi) is 5.90. The Bertz CT molecular complexity index is 71.5. The molecule has 2 nitrogen and oxygen atoms in total. The summed E-state index contributed by atoms with van der Waals surface area (Å²) in [5.41, 5.74) is 0. The summed E-state index contributed by atoms with van der Waals surface area (Å²) in [6.07, 6.45) is 1.87. The summed E-state index contributed by atoms with van der Waals surface area (Å²) in [6.45, 7) is 3.22. The molecule has 0 aromatic carbocycles. The maximum Gasteiger partial charge on any atom is 0.0700 e. The van der Waals surface area contributed by atoms with Gasteiger partial charge in [-0.2, -0.15) is 0 Å². The van der Waals surface area contributed by atoms with Crippen molar-refractivity contribution in [3.63, 3.8) is 0 Å². The second kappa shape index (κ2) is 8.92. The zero-order chi connectivity index (χ0) is 9.07. The molecule has 0 N–H and O–H groups in total. The molecule has 0 aromatic heterocycles. The van der Waals surface area contributed by atoms with Crippen LogP contribution in [0, 0.1) is 0 Å². The zero-order valence-corrected chi connectivity index (χ0v) is 6.47. The standard InChI is InChI=1S/C8H18O2/c1-3-5-6-10-8-7-9-4-2/h3-8H2,1-2H3/i1T,2D. The Morgan fingerprint density at radius 3 is 3.10 bits per heavy atom. The predicted octanol–water partition coefficient (Wildman–Crippen LogP) is 1.84. The van der Waals surface area contributed by atoms with Crippen molar-refractivity contribution in [3.05, 3.63) is 0 Å². The topological polar surface area (TPSA) is 18.5 Å². The SMILES string of the molecule is [2H]CCOCCOCCCC[3H]. The highest BCUT2D eigenvalue weighted by Gasteiger charge is 1.86. The van der Waals surface area contributed by atoms with Gasteiger partial charge in [0.1, 0.15) is 0 Å². The monoisotopic (exact) mass is 149 g/mol. The van der Waals surface area contributed by atoms with Crippen LogP contribution in [0.5, 0.6) is 0 Å². The van der Waals surface area contributed by atoms with Gasteiger partial charge in [0.15, 0.2) is 0 Å². The van der Waals surface area contributed by atoms with Gasteiger partial charge < -0.3 is 9.47 Å². The first kappa shape index (κ1) is 6.62. The number of rotatable bonds is 7. The van der Waals surface area contributed by atoms with Crippen molar-refractivity contribution in [2.75, 3.05) is 26.4 Å². The van der Waals surface area contributed by atoms with E-state index in [-0.39, 0.29) is 0 Å². The molecule has 0 fully saturated rings. The van der Waals surface area contributed by atoms with Crippen LogP contribution in [-0.4, -0.2) is 26.4 Å². The molecule has 0 unspecified atom stereocenters. The number of hydrogen-bond donors (Lipinski definition) is 0. The van der Waals surface area contributed by atoms with Crippen molar-refractivity contribution >= 4 is 0 Å². The molecule has 0 heterocycles. The quantitative estimate of drug-likeness (QED) is 0.514. The molecule has 0 rings (SSSR count). The maximum atomic E-state index is 6.87. The molecule has 0 bridgehead atoms. The van der Waals surface area contributed by atoms with Gasteiger partial charge in [0.2, 0.25) is 0 Å². The second-order valence-electron chi connectivity index (χ2n) is 1.93. The first-order valence-corrected chi connectivity index (χ1v) is 3.65. The lowest BCUT2D eigenvalue weighted by Gasteiger charge is -2.02. The molecule has 0 saturated heterocycles. The van der Waals surface area contributed by atoms with Crippen LogP contribution in [0.3, 0.4) is 0 Å². The smallest absolute Gasteiger partial charge is 0.0700 e. The van der Waals surface area contributed by atoms with Crippen LogP contribution < -0.4 is 0 Å². The van der Waals surface area contributed by atoms with Crippen molar-refractivity contribution in [1.29, 1.82) is 0 Å².